The lowest BCUT2D eigenvalue weighted by molar-refractivity contribution is 0.112. The standard InChI is InChI=1S/C18H19NO2/c20-13-14-5-9-17(10-6-14)21-12-11-16-8-7-15-3-1-2-4-18(15)19-16/h1-6,9-10,13,16,19H,7-8,11-12H2. The molecule has 108 valence electrons. The van der Waals surface area contributed by atoms with Crippen molar-refractivity contribution in [2.75, 3.05) is 11.9 Å². The number of anilines is 1. The van der Waals surface area contributed by atoms with Crippen LogP contribution in [0.4, 0.5) is 5.69 Å². The fraction of sp³-hybridized carbons (Fsp3) is 0.278. The number of carbonyl (C=O) groups is 1. The summed E-state index contributed by atoms with van der Waals surface area (Å²) in [7, 11) is 0. The summed E-state index contributed by atoms with van der Waals surface area (Å²) in [5.74, 6) is 0.816. The highest BCUT2D eigenvalue weighted by atomic mass is 16.5. The van der Waals surface area contributed by atoms with Crippen molar-refractivity contribution in [1.29, 1.82) is 0 Å². The number of para-hydroxylation sites is 1. The van der Waals surface area contributed by atoms with Crippen LogP contribution in [0.5, 0.6) is 5.75 Å². The molecule has 2 aromatic carbocycles. The van der Waals surface area contributed by atoms with Crippen LogP contribution < -0.4 is 10.1 Å². The first-order valence-electron chi connectivity index (χ1n) is 7.37. The van der Waals surface area contributed by atoms with Gasteiger partial charge in [-0.25, -0.2) is 0 Å². The molecule has 0 amide bonds. The topological polar surface area (TPSA) is 38.3 Å². The molecule has 1 aliphatic heterocycles. The Morgan fingerprint density at radius 1 is 1.14 bits per heavy atom. The Hall–Kier alpha value is -2.29. The largest absolute Gasteiger partial charge is 0.494 e. The Morgan fingerprint density at radius 2 is 1.95 bits per heavy atom. The molecule has 0 radical (unpaired) electrons. The van der Waals surface area contributed by atoms with Crippen LogP contribution in [0.3, 0.4) is 0 Å². The van der Waals surface area contributed by atoms with Gasteiger partial charge in [0.05, 0.1) is 6.61 Å². The summed E-state index contributed by atoms with van der Waals surface area (Å²) < 4.78 is 5.74. The van der Waals surface area contributed by atoms with E-state index >= 15 is 0 Å². The van der Waals surface area contributed by atoms with E-state index < -0.39 is 0 Å². The number of ether oxygens (including phenoxy) is 1. The molecule has 1 unspecified atom stereocenters. The van der Waals surface area contributed by atoms with Crippen LogP contribution in [0.15, 0.2) is 48.5 Å². The zero-order valence-electron chi connectivity index (χ0n) is 11.9. The summed E-state index contributed by atoms with van der Waals surface area (Å²) in [5, 5.41) is 3.58. The molecule has 0 fully saturated rings. The minimum absolute atomic E-state index is 0.467. The third kappa shape index (κ3) is 3.43. The zero-order valence-corrected chi connectivity index (χ0v) is 11.9. The van der Waals surface area contributed by atoms with E-state index in [-0.39, 0.29) is 0 Å². The summed E-state index contributed by atoms with van der Waals surface area (Å²) in [6.07, 6.45) is 4.09. The average molecular weight is 281 g/mol. The molecule has 1 aliphatic rings. The van der Waals surface area contributed by atoms with Crippen molar-refractivity contribution in [2.45, 2.75) is 25.3 Å². The third-order valence-electron chi connectivity index (χ3n) is 3.89. The summed E-state index contributed by atoms with van der Waals surface area (Å²) in [5.41, 5.74) is 3.33. The van der Waals surface area contributed by atoms with Gasteiger partial charge in [0.25, 0.3) is 0 Å². The Kier molecular flexibility index (Phi) is 4.20. The van der Waals surface area contributed by atoms with Gasteiger partial charge in [0, 0.05) is 23.7 Å². The summed E-state index contributed by atoms with van der Waals surface area (Å²) >= 11 is 0. The molecule has 0 saturated heterocycles. The predicted octanol–water partition coefficient (Wildman–Crippen LogP) is 3.69. The van der Waals surface area contributed by atoms with Crippen molar-refractivity contribution in [3.63, 3.8) is 0 Å². The molecule has 0 spiro atoms. The zero-order chi connectivity index (χ0) is 14.5. The number of rotatable bonds is 5. The van der Waals surface area contributed by atoms with Crippen molar-refractivity contribution in [2.24, 2.45) is 0 Å². The highest BCUT2D eigenvalue weighted by molar-refractivity contribution is 5.74. The van der Waals surface area contributed by atoms with E-state index in [0.717, 1.165) is 31.3 Å². The number of benzene rings is 2. The minimum atomic E-state index is 0.467. The van der Waals surface area contributed by atoms with Gasteiger partial charge in [-0.05, 0) is 48.7 Å². The van der Waals surface area contributed by atoms with Crippen molar-refractivity contribution in [3.8, 4) is 5.75 Å². The smallest absolute Gasteiger partial charge is 0.150 e. The van der Waals surface area contributed by atoms with E-state index in [4.69, 9.17) is 4.74 Å². The Morgan fingerprint density at radius 3 is 2.76 bits per heavy atom. The van der Waals surface area contributed by atoms with Crippen molar-refractivity contribution < 1.29 is 9.53 Å². The summed E-state index contributed by atoms with van der Waals surface area (Å²) in [6.45, 7) is 0.681. The first kappa shape index (κ1) is 13.7. The van der Waals surface area contributed by atoms with Crippen LogP contribution >= 0.6 is 0 Å². The molecule has 1 heterocycles. The second kappa shape index (κ2) is 6.44. The molecule has 3 heteroatoms. The van der Waals surface area contributed by atoms with E-state index in [1.165, 1.54) is 11.3 Å². The van der Waals surface area contributed by atoms with Crippen LogP contribution in [0.1, 0.15) is 28.8 Å². The molecule has 0 bridgehead atoms. The fourth-order valence-electron chi connectivity index (χ4n) is 2.68. The first-order chi connectivity index (χ1) is 10.3. The summed E-state index contributed by atoms with van der Waals surface area (Å²) in [4.78, 5) is 10.6. The Bertz CT molecular complexity index is 607. The van der Waals surface area contributed by atoms with Gasteiger partial charge < -0.3 is 10.1 Å². The molecular weight excluding hydrogens is 262 g/mol. The fourth-order valence-corrected chi connectivity index (χ4v) is 2.68. The molecule has 3 nitrogen and oxygen atoms in total. The van der Waals surface area contributed by atoms with Gasteiger partial charge in [0.1, 0.15) is 12.0 Å². The van der Waals surface area contributed by atoms with Crippen LogP contribution in [-0.2, 0) is 6.42 Å². The SMILES string of the molecule is O=Cc1ccc(OCCC2CCc3ccccc3N2)cc1. The van der Waals surface area contributed by atoms with Gasteiger partial charge in [-0.2, -0.15) is 0 Å². The molecule has 0 aromatic heterocycles. The highest BCUT2D eigenvalue weighted by Gasteiger charge is 2.16. The summed E-state index contributed by atoms with van der Waals surface area (Å²) in [6, 6.07) is 16.2. The van der Waals surface area contributed by atoms with Crippen LogP contribution in [-0.4, -0.2) is 18.9 Å². The normalized spacial score (nSPS) is 16.7. The Balaban J connectivity index is 1.49. The van der Waals surface area contributed by atoms with Gasteiger partial charge >= 0.3 is 0 Å². The van der Waals surface area contributed by atoms with E-state index in [9.17, 15) is 4.79 Å². The maximum absolute atomic E-state index is 10.6. The van der Waals surface area contributed by atoms with E-state index in [0.29, 0.717) is 18.2 Å². The van der Waals surface area contributed by atoms with Gasteiger partial charge in [-0.3, -0.25) is 4.79 Å². The molecule has 0 aliphatic carbocycles. The van der Waals surface area contributed by atoms with Gasteiger partial charge in [-0.15, -0.1) is 0 Å². The molecular formula is C18H19NO2. The second-order valence-electron chi connectivity index (χ2n) is 5.36. The number of hydrogen-bond acceptors (Lipinski definition) is 3. The molecule has 21 heavy (non-hydrogen) atoms. The van der Waals surface area contributed by atoms with Crippen LogP contribution in [0.25, 0.3) is 0 Å². The Labute approximate surface area is 124 Å². The van der Waals surface area contributed by atoms with E-state index in [2.05, 4.69) is 29.6 Å². The monoisotopic (exact) mass is 281 g/mol. The average Bonchev–Trinajstić information content (AvgIpc) is 2.55. The molecule has 0 saturated carbocycles. The van der Waals surface area contributed by atoms with Gasteiger partial charge in [-0.1, -0.05) is 18.2 Å². The lowest BCUT2D eigenvalue weighted by atomic mass is 9.96. The number of carbonyl (C=O) groups excluding carboxylic acids is 1. The molecule has 3 rings (SSSR count). The van der Waals surface area contributed by atoms with Crippen molar-refractivity contribution in [1.82, 2.24) is 0 Å². The van der Waals surface area contributed by atoms with Gasteiger partial charge in [0.15, 0.2) is 0 Å². The first-order valence-corrected chi connectivity index (χ1v) is 7.37. The maximum atomic E-state index is 10.6. The maximum Gasteiger partial charge on any atom is 0.150 e. The van der Waals surface area contributed by atoms with Crippen molar-refractivity contribution >= 4 is 12.0 Å². The molecule has 1 N–H and O–H groups in total. The van der Waals surface area contributed by atoms with Crippen LogP contribution in [0, 0.1) is 0 Å². The number of hydrogen-bond donors (Lipinski definition) is 1. The lowest BCUT2D eigenvalue weighted by Gasteiger charge is -2.27. The minimum Gasteiger partial charge on any atom is -0.494 e. The van der Waals surface area contributed by atoms with E-state index in [1.807, 2.05) is 12.1 Å². The number of aryl methyl sites for hydroxylation is 1. The predicted molar refractivity (Wildman–Crippen MR) is 84.1 cm³/mol. The highest BCUT2D eigenvalue weighted by Crippen LogP contribution is 2.25. The molecule has 2 aromatic rings. The van der Waals surface area contributed by atoms with Gasteiger partial charge in [0.2, 0.25) is 0 Å². The number of fused-ring (bicyclic) bond motifs is 1. The second-order valence-corrected chi connectivity index (χ2v) is 5.36. The third-order valence-corrected chi connectivity index (χ3v) is 3.89. The number of aldehydes is 1. The van der Waals surface area contributed by atoms with Crippen molar-refractivity contribution in [3.05, 3.63) is 59.7 Å². The lowest BCUT2D eigenvalue weighted by Crippen LogP contribution is -2.27. The van der Waals surface area contributed by atoms with E-state index in [1.54, 1.807) is 12.1 Å². The number of nitrogens with one attached hydrogen (secondary N) is 1. The molecule has 1 atom stereocenters. The van der Waals surface area contributed by atoms with Crippen LogP contribution in [0.2, 0.25) is 0 Å². The quantitative estimate of drug-likeness (QED) is 0.849.